The van der Waals surface area contributed by atoms with E-state index >= 15 is 0 Å². The Balaban J connectivity index is 3.64. The van der Waals surface area contributed by atoms with E-state index in [1.807, 2.05) is 20.8 Å². The summed E-state index contributed by atoms with van der Waals surface area (Å²) in [5, 5.41) is 11.1. The smallest absolute Gasteiger partial charge is 0.341 e. The van der Waals surface area contributed by atoms with Gasteiger partial charge in [-0.15, -0.1) is 0 Å². The van der Waals surface area contributed by atoms with Gasteiger partial charge in [0, 0.05) is 6.07 Å². The van der Waals surface area contributed by atoms with E-state index in [0.29, 0.717) is 5.56 Å². The molecule has 0 radical (unpaired) electrons. The molecule has 0 atom stereocenters. The Bertz CT molecular complexity index is 517. The number of nitrogens with zero attached hydrogens (tertiary/aromatic N) is 1. The fourth-order valence-corrected chi connectivity index (χ4v) is 1.66. The number of ether oxygens (including phenoxy) is 2. The van der Waals surface area contributed by atoms with E-state index in [1.54, 1.807) is 6.07 Å². The maximum Gasteiger partial charge on any atom is 0.341 e. The van der Waals surface area contributed by atoms with Crippen molar-refractivity contribution >= 4 is 11.7 Å². The predicted octanol–water partition coefficient (Wildman–Crippen LogP) is 2.69. The quantitative estimate of drug-likeness (QED) is 0.478. The molecule has 6 heteroatoms. The highest BCUT2D eigenvalue weighted by Crippen LogP contribution is 2.36. The van der Waals surface area contributed by atoms with E-state index in [1.165, 1.54) is 20.3 Å². The molecule has 0 aromatic heterocycles. The van der Waals surface area contributed by atoms with E-state index in [-0.39, 0.29) is 22.4 Å². The molecule has 104 valence electrons. The van der Waals surface area contributed by atoms with Crippen LogP contribution < -0.4 is 4.74 Å². The molecule has 0 N–H and O–H groups in total. The average Bonchev–Trinajstić information content (AvgIpc) is 2.34. The number of carbonyl (C=O) groups is 1. The third kappa shape index (κ3) is 3.01. The molecule has 0 saturated heterocycles. The molecule has 6 nitrogen and oxygen atoms in total. The van der Waals surface area contributed by atoms with Crippen LogP contribution in [0.15, 0.2) is 12.1 Å². The monoisotopic (exact) mass is 267 g/mol. The normalized spacial score (nSPS) is 11.0. The molecule has 0 unspecified atom stereocenters. The summed E-state index contributed by atoms with van der Waals surface area (Å²) >= 11 is 0. The van der Waals surface area contributed by atoms with E-state index < -0.39 is 10.9 Å². The molecular weight excluding hydrogens is 250 g/mol. The second kappa shape index (κ2) is 5.26. The number of methoxy groups -OCH3 is 2. The Morgan fingerprint density at radius 1 is 1.26 bits per heavy atom. The summed E-state index contributed by atoms with van der Waals surface area (Å²) in [6, 6.07) is 2.99. The van der Waals surface area contributed by atoms with Gasteiger partial charge in [0.1, 0.15) is 5.56 Å². The molecular formula is C13H17NO5. The zero-order valence-electron chi connectivity index (χ0n) is 11.6. The van der Waals surface area contributed by atoms with Gasteiger partial charge in [0.25, 0.3) is 0 Å². The number of benzene rings is 1. The van der Waals surface area contributed by atoms with Crippen molar-refractivity contribution in [1.29, 1.82) is 0 Å². The molecule has 1 rings (SSSR count). The summed E-state index contributed by atoms with van der Waals surface area (Å²) < 4.78 is 9.63. The van der Waals surface area contributed by atoms with Crippen LogP contribution in [-0.4, -0.2) is 25.1 Å². The van der Waals surface area contributed by atoms with Crippen molar-refractivity contribution in [2.75, 3.05) is 14.2 Å². The van der Waals surface area contributed by atoms with Gasteiger partial charge < -0.3 is 9.47 Å². The highest BCUT2D eigenvalue weighted by Gasteiger charge is 2.28. The minimum absolute atomic E-state index is 0.0594. The number of carbonyl (C=O) groups excluding carboxylic acids is 1. The van der Waals surface area contributed by atoms with Gasteiger partial charge in [-0.05, 0) is 17.0 Å². The molecule has 0 aliphatic heterocycles. The average molecular weight is 267 g/mol. The number of nitro benzene ring substituents is 1. The van der Waals surface area contributed by atoms with E-state index in [4.69, 9.17) is 4.74 Å². The first-order chi connectivity index (χ1) is 8.72. The van der Waals surface area contributed by atoms with Gasteiger partial charge in [-0.1, -0.05) is 20.8 Å². The highest BCUT2D eigenvalue weighted by molar-refractivity contribution is 5.94. The fraction of sp³-hybridized carbons (Fsp3) is 0.462. The largest absolute Gasteiger partial charge is 0.490 e. The van der Waals surface area contributed by atoms with E-state index in [0.717, 1.165) is 0 Å². The molecule has 0 amide bonds. The van der Waals surface area contributed by atoms with Crippen LogP contribution in [0.3, 0.4) is 0 Å². The van der Waals surface area contributed by atoms with Crippen molar-refractivity contribution in [2.45, 2.75) is 26.2 Å². The number of hydrogen-bond acceptors (Lipinski definition) is 5. The Labute approximate surface area is 111 Å². The lowest BCUT2D eigenvalue weighted by Gasteiger charge is -2.20. The molecule has 0 heterocycles. The molecule has 0 fully saturated rings. The number of hydrogen-bond donors (Lipinski definition) is 0. The summed E-state index contributed by atoms with van der Waals surface area (Å²) in [6.45, 7) is 5.71. The van der Waals surface area contributed by atoms with Crippen molar-refractivity contribution in [3.8, 4) is 5.75 Å². The second-order valence-corrected chi connectivity index (χ2v) is 5.07. The van der Waals surface area contributed by atoms with Crippen LogP contribution in [0.1, 0.15) is 36.7 Å². The Morgan fingerprint density at radius 3 is 2.21 bits per heavy atom. The lowest BCUT2D eigenvalue weighted by Crippen LogP contribution is -2.15. The molecule has 0 saturated carbocycles. The van der Waals surface area contributed by atoms with Crippen molar-refractivity contribution in [1.82, 2.24) is 0 Å². The second-order valence-electron chi connectivity index (χ2n) is 5.07. The van der Waals surface area contributed by atoms with Gasteiger partial charge in [0.2, 0.25) is 5.75 Å². The van der Waals surface area contributed by atoms with Gasteiger partial charge in [0.15, 0.2) is 0 Å². The Morgan fingerprint density at radius 2 is 1.84 bits per heavy atom. The number of rotatable bonds is 3. The van der Waals surface area contributed by atoms with Gasteiger partial charge in [-0.3, -0.25) is 10.1 Å². The van der Waals surface area contributed by atoms with Crippen molar-refractivity contribution in [3.63, 3.8) is 0 Å². The van der Waals surface area contributed by atoms with Crippen LogP contribution in [0.4, 0.5) is 5.69 Å². The zero-order valence-corrected chi connectivity index (χ0v) is 11.6. The van der Waals surface area contributed by atoms with Crippen LogP contribution in [0.5, 0.6) is 5.75 Å². The summed E-state index contributed by atoms with van der Waals surface area (Å²) in [4.78, 5) is 22.2. The molecule has 0 aliphatic carbocycles. The summed E-state index contributed by atoms with van der Waals surface area (Å²) in [7, 11) is 2.50. The van der Waals surface area contributed by atoms with Gasteiger partial charge >= 0.3 is 11.7 Å². The SMILES string of the molecule is COC(=O)c1cc(C(C)(C)C)cc([N+](=O)[O-])c1OC. The number of esters is 1. The highest BCUT2D eigenvalue weighted by atomic mass is 16.6. The van der Waals surface area contributed by atoms with Crippen LogP contribution in [-0.2, 0) is 10.2 Å². The van der Waals surface area contributed by atoms with Crippen molar-refractivity contribution < 1.29 is 19.2 Å². The molecule has 0 bridgehead atoms. The first-order valence-electron chi connectivity index (χ1n) is 5.67. The molecule has 1 aromatic carbocycles. The van der Waals surface area contributed by atoms with E-state index in [2.05, 4.69) is 4.74 Å². The topological polar surface area (TPSA) is 78.7 Å². The lowest BCUT2D eigenvalue weighted by atomic mass is 9.85. The maximum atomic E-state index is 11.7. The van der Waals surface area contributed by atoms with Crippen LogP contribution in [0.25, 0.3) is 0 Å². The van der Waals surface area contributed by atoms with Crippen LogP contribution >= 0.6 is 0 Å². The minimum atomic E-state index is -0.661. The van der Waals surface area contributed by atoms with Crippen LogP contribution in [0.2, 0.25) is 0 Å². The summed E-state index contributed by atoms with van der Waals surface area (Å²) in [5.74, 6) is -0.740. The minimum Gasteiger partial charge on any atom is -0.490 e. The summed E-state index contributed by atoms with van der Waals surface area (Å²) in [6.07, 6.45) is 0. The van der Waals surface area contributed by atoms with Crippen molar-refractivity contribution in [2.24, 2.45) is 0 Å². The third-order valence-electron chi connectivity index (χ3n) is 2.74. The first-order valence-corrected chi connectivity index (χ1v) is 5.67. The third-order valence-corrected chi connectivity index (χ3v) is 2.74. The predicted molar refractivity (Wildman–Crippen MR) is 69.7 cm³/mol. The standard InChI is InChI=1S/C13H17NO5/c1-13(2,3)8-6-9(12(15)19-5)11(18-4)10(7-8)14(16)17/h6-7H,1-5H3. The van der Waals surface area contributed by atoms with Crippen molar-refractivity contribution in [3.05, 3.63) is 33.4 Å². The molecule has 0 aliphatic rings. The molecule has 0 spiro atoms. The fourth-order valence-electron chi connectivity index (χ4n) is 1.66. The van der Waals surface area contributed by atoms with Gasteiger partial charge in [-0.25, -0.2) is 4.79 Å². The first kappa shape index (κ1) is 14.9. The van der Waals surface area contributed by atoms with E-state index in [9.17, 15) is 14.9 Å². The summed E-state index contributed by atoms with van der Waals surface area (Å²) in [5.41, 5.74) is 0.152. The van der Waals surface area contributed by atoms with Gasteiger partial charge in [-0.2, -0.15) is 0 Å². The zero-order chi connectivity index (χ0) is 14.8. The Hall–Kier alpha value is -2.11. The van der Waals surface area contributed by atoms with Crippen LogP contribution in [0, 0.1) is 10.1 Å². The Kier molecular flexibility index (Phi) is 4.14. The van der Waals surface area contributed by atoms with Gasteiger partial charge in [0.05, 0.1) is 19.1 Å². The molecule has 19 heavy (non-hydrogen) atoms. The maximum absolute atomic E-state index is 11.7. The lowest BCUT2D eigenvalue weighted by molar-refractivity contribution is -0.385. The molecule has 1 aromatic rings. The number of nitro groups is 1.